The van der Waals surface area contributed by atoms with Crippen molar-refractivity contribution in [3.05, 3.63) is 21.8 Å². The summed E-state index contributed by atoms with van der Waals surface area (Å²) < 4.78 is 11.9. The third kappa shape index (κ3) is 2.78. The van der Waals surface area contributed by atoms with E-state index in [1.54, 1.807) is 7.11 Å². The zero-order chi connectivity index (χ0) is 13.2. The highest BCUT2D eigenvalue weighted by Gasteiger charge is 2.43. The van der Waals surface area contributed by atoms with Crippen LogP contribution in [0.1, 0.15) is 13.3 Å². The van der Waals surface area contributed by atoms with Gasteiger partial charge in [0.25, 0.3) is 0 Å². The quantitative estimate of drug-likeness (QED) is 0.566. The van der Waals surface area contributed by atoms with Crippen molar-refractivity contribution in [2.24, 2.45) is 0 Å². The molecule has 2 rings (SSSR count). The largest absolute Gasteiger partial charge is 0.385 e. The molecular formula is C13H18INO3. The number of fused-ring (bicyclic) bond motifs is 1. The van der Waals surface area contributed by atoms with E-state index in [1.807, 2.05) is 17.9 Å². The third-order valence-electron chi connectivity index (χ3n) is 3.39. The van der Waals surface area contributed by atoms with Crippen molar-refractivity contribution >= 4 is 28.5 Å². The predicted octanol–water partition coefficient (Wildman–Crippen LogP) is 1.90. The maximum atomic E-state index is 12.0. The number of carbonyl (C=O) groups excluding carboxylic acids is 1. The van der Waals surface area contributed by atoms with Crippen molar-refractivity contribution in [1.82, 2.24) is 4.90 Å². The topological polar surface area (TPSA) is 38.8 Å². The van der Waals surface area contributed by atoms with Gasteiger partial charge in [-0.25, -0.2) is 0 Å². The molecule has 2 unspecified atom stereocenters. The number of halogens is 1. The lowest BCUT2D eigenvalue weighted by molar-refractivity contribution is -0.162. The van der Waals surface area contributed by atoms with E-state index in [-0.39, 0.29) is 18.6 Å². The number of hydrogen-bond donors (Lipinski definition) is 0. The molecule has 2 aliphatic rings. The molecule has 4 nitrogen and oxygen atoms in total. The van der Waals surface area contributed by atoms with Crippen LogP contribution in [-0.2, 0) is 14.3 Å². The van der Waals surface area contributed by atoms with E-state index in [4.69, 9.17) is 9.47 Å². The highest BCUT2D eigenvalue weighted by molar-refractivity contribution is 14.1. The molecule has 0 saturated carbocycles. The average molecular weight is 363 g/mol. The van der Waals surface area contributed by atoms with Gasteiger partial charge in [0.15, 0.2) is 0 Å². The van der Waals surface area contributed by atoms with Crippen molar-refractivity contribution in [2.45, 2.75) is 25.0 Å². The van der Waals surface area contributed by atoms with Crippen LogP contribution in [0, 0.1) is 0 Å². The zero-order valence-corrected chi connectivity index (χ0v) is 12.8. The molecule has 0 radical (unpaired) electrons. The minimum atomic E-state index is -0.393. The van der Waals surface area contributed by atoms with Gasteiger partial charge in [-0.3, -0.25) is 4.79 Å². The monoisotopic (exact) mass is 363 g/mol. The lowest BCUT2D eigenvalue weighted by atomic mass is 9.88. The number of amides is 1. The van der Waals surface area contributed by atoms with Crippen molar-refractivity contribution in [2.75, 3.05) is 26.9 Å². The van der Waals surface area contributed by atoms with Crippen LogP contribution in [0.15, 0.2) is 21.8 Å². The number of morpholine rings is 1. The first-order valence-corrected chi connectivity index (χ1v) is 7.13. The number of carbonyl (C=O) groups is 1. The van der Waals surface area contributed by atoms with Crippen LogP contribution >= 0.6 is 22.6 Å². The smallest absolute Gasteiger partial charge is 0.249 e. The molecule has 0 spiro atoms. The molecule has 0 bridgehead atoms. The van der Waals surface area contributed by atoms with Crippen molar-refractivity contribution in [3.8, 4) is 0 Å². The fourth-order valence-electron chi connectivity index (χ4n) is 2.35. The number of methoxy groups -OCH3 is 1. The standard InChI is InChI=1S/C13H18INO3/c1-13-5-4-10(14)8-11(13)15(6-3-7-17-2)12(16)9-18-13/h4-5,8,11H,3,6-7,9H2,1-2H3. The second-order valence-corrected chi connectivity index (χ2v) is 5.98. The Balaban J connectivity index is 2.15. The molecule has 100 valence electrons. The summed E-state index contributed by atoms with van der Waals surface area (Å²) in [5.74, 6) is 0.0596. The van der Waals surface area contributed by atoms with Gasteiger partial charge in [-0.2, -0.15) is 0 Å². The van der Waals surface area contributed by atoms with E-state index >= 15 is 0 Å². The van der Waals surface area contributed by atoms with Gasteiger partial charge >= 0.3 is 0 Å². The van der Waals surface area contributed by atoms with Crippen molar-refractivity contribution in [3.63, 3.8) is 0 Å². The summed E-state index contributed by atoms with van der Waals surface area (Å²) in [4.78, 5) is 13.9. The maximum Gasteiger partial charge on any atom is 0.249 e. The van der Waals surface area contributed by atoms with Gasteiger partial charge in [-0.15, -0.1) is 0 Å². The SMILES string of the molecule is COCCCN1C(=O)COC2(C)C=CC(I)=CC12. The number of ether oxygens (including phenoxy) is 2. The van der Waals surface area contributed by atoms with E-state index in [9.17, 15) is 4.79 Å². The third-order valence-corrected chi connectivity index (χ3v) is 4.11. The van der Waals surface area contributed by atoms with Crippen LogP contribution in [0.3, 0.4) is 0 Å². The first-order valence-electron chi connectivity index (χ1n) is 6.06. The summed E-state index contributed by atoms with van der Waals surface area (Å²) in [7, 11) is 1.68. The Kier molecular flexibility index (Phi) is 4.45. The van der Waals surface area contributed by atoms with Gasteiger partial charge < -0.3 is 14.4 Å². The first kappa shape index (κ1) is 14.0. The molecule has 1 aliphatic heterocycles. The Morgan fingerprint density at radius 1 is 1.67 bits per heavy atom. The molecule has 0 aromatic carbocycles. The van der Waals surface area contributed by atoms with E-state index < -0.39 is 5.60 Å². The van der Waals surface area contributed by atoms with Gasteiger partial charge in [-0.1, -0.05) is 6.08 Å². The van der Waals surface area contributed by atoms with E-state index in [0.29, 0.717) is 13.2 Å². The summed E-state index contributed by atoms with van der Waals surface area (Å²) in [6.07, 6.45) is 7.04. The molecule has 0 N–H and O–H groups in total. The van der Waals surface area contributed by atoms with Gasteiger partial charge in [0.2, 0.25) is 5.91 Å². The lowest BCUT2D eigenvalue weighted by Crippen LogP contribution is -2.60. The molecule has 0 aromatic heterocycles. The Morgan fingerprint density at radius 2 is 2.44 bits per heavy atom. The van der Waals surface area contributed by atoms with Gasteiger partial charge in [0.1, 0.15) is 12.2 Å². The summed E-state index contributed by atoms with van der Waals surface area (Å²) in [5, 5.41) is 0. The summed E-state index contributed by atoms with van der Waals surface area (Å²) in [5.41, 5.74) is -0.393. The van der Waals surface area contributed by atoms with E-state index in [0.717, 1.165) is 10.0 Å². The second kappa shape index (κ2) is 5.71. The molecule has 18 heavy (non-hydrogen) atoms. The normalized spacial score (nSPS) is 31.3. The van der Waals surface area contributed by atoms with Crippen LogP contribution in [0.2, 0.25) is 0 Å². The molecule has 1 aliphatic carbocycles. The van der Waals surface area contributed by atoms with Gasteiger partial charge in [0.05, 0.1) is 6.04 Å². The average Bonchev–Trinajstić information content (AvgIpc) is 2.35. The van der Waals surface area contributed by atoms with Crippen LogP contribution in [0.4, 0.5) is 0 Å². The fourth-order valence-corrected chi connectivity index (χ4v) is 2.87. The molecule has 0 aromatic rings. The highest BCUT2D eigenvalue weighted by atomic mass is 127. The van der Waals surface area contributed by atoms with Gasteiger partial charge in [-0.05, 0) is 48.1 Å². The number of rotatable bonds is 4. The molecular weight excluding hydrogens is 345 g/mol. The van der Waals surface area contributed by atoms with E-state index in [1.165, 1.54) is 0 Å². The minimum absolute atomic E-state index is 0.00694. The fraction of sp³-hybridized carbons (Fsp3) is 0.615. The molecule has 1 fully saturated rings. The minimum Gasteiger partial charge on any atom is -0.385 e. The lowest BCUT2D eigenvalue weighted by Gasteiger charge is -2.46. The Morgan fingerprint density at radius 3 is 3.17 bits per heavy atom. The molecule has 5 heteroatoms. The number of hydrogen-bond acceptors (Lipinski definition) is 3. The predicted molar refractivity (Wildman–Crippen MR) is 77.6 cm³/mol. The molecule has 1 saturated heterocycles. The Labute approximate surface area is 121 Å². The molecule has 1 heterocycles. The van der Waals surface area contributed by atoms with Crippen LogP contribution in [0.5, 0.6) is 0 Å². The Hall–Kier alpha value is -0.400. The number of allylic oxidation sites excluding steroid dienone is 2. The number of nitrogens with zero attached hydrogens (tertiary/aromatic N) is 1. The first-order chi connectivity index (χ1) is 8.57. The summed E-state index contributed by atoms with van der Waals surface area (Å²) >= 11 is 2.27. The zero-order valence-electron chi connectivity index (χ0n) is 10.7. The molecule has 1 amide bonds. The van der Waals surface area contributed by atoms with Crippen molar-refractivity contribution < 1.29 is 14.3 Å². The second-order valence-electron chi connectivity index (χ2n) is 4.74. The molecule has 2 atom stereocenters. The van der Waals surface area contributed by atoms with E-state index in [2.05, 4.69) is 34.7 Å². The van der Waals surface area contributed by atoms with Gasteiger partial charge in [0, 0.05) is 23.8 Å². The van der Waals surface area contributed by atoms with Crippen LogP contribution in [-0.4, -0.2) is 49.3 Å². The maximum absolute atomic E-state index is 12.0. The highest BCUT2D eigenvalue weighted by Crippen LogP contribution is 2.34. The van der Waals surface area contributed by atoms with Crippen LogP contribution < -0.4 is 0 Å². The Bertz CT molecular complexity index is 394. The summed E-state index contributed by atoms with van der Waals surface area (Å²) in [6.45, 7) is 3.58. The van der Waals surface area contributed by atoms with Crippen molar-refractivity contribution in [1.29, 1.82) is 0 Å². The summed E-state index contributed by atoms with van der Waals surface area (Å²) in [6, 6.07) is -0.00694. The van der Waals surface area contributed by atoms with Crippen LogP contribution in [0.25, 0.3) is 0 Å².